The fourth-order valence-corrected chi connectivity index (χ4v) is 2.43. The third-order valence-electron chi connectivity index (χ3n) is 3.38. The molecular formula is C17H19N3. The van der Waals surface area contributed by atoms with E-state index in [9.17, 15) is 5.26 Å². The molecule has 2 aromatic carbocycles. The van der Waals surface area contributed by atoms with Crippen LogP contribution >= 0.6 is 0 Å². The van der Waals surface area contributed by atoms with Crippen molar-refractivity contribution < 1.29 is 0 Å². The lowest BCUT2D eigenvalue weighted by Gasteiger charge is -2.26. The molecule has 0 unspecified atom stereocenters. The number of para-hydroxylation sites is 1. The summed E-state index contributed by atoms with van der Waals surface area (Å²) in [5.74, 6) is 0. The Balaban J connectivity index is 2.36. The van der Waals surface area contributed by atoms with E-state index in [0.717, 1.165) is 41.2 Å². The molecule has 0 saturated heterocycles. The van der Waals surface area contributed by atoms with Crippen LogP contribution in [-0.2, 0) is 6.54 Å². The zero-order chi connectivity index (χ0) is 14.5. The SMILES string of the molecule is CCN(Cc1cccc(N)c1)c1c(C)cccc1C#N. The predicted octanol–water partition coefficient (Wildman–Crippen LogP) is 3.48. The molecule has 20 heavy (non-hydrogen) atoms. The number of nitrogen functional groups attached to an aromatic ring is 1. The summed E-state index contributed by atoms with van der Waals surface area (Å²) < 4.78 is 0. The first-order valence-corrected chi connectivity index (χ1v) is 6.74. The van der Waals surface area contributed by atoms with Crippen molar-refractivity contribution in [1.82, 2.24) is 0 Å². The van der Waals surface area contributed by atoms with E-state index in [1.165, 1.54) is 0 Å². The van der Waals surface area contributed by atoms with E-state index in [4.69, 9.17) is 5.73 Å². The number of hydrogen-bond acceptors (Lipinski definition) is 3. The number of aryl methyl sites for hydroxylation is 1. The Hall–Kier alpha value is -2.47. The Morgan fingerprint density at radius 3 is 2.60 bits per heavy atom. The van der Waals surface area contributed by atoms with Crippen LogP contribution in [0, 0.1) is 18.3 Å². The molecule has 0 aliphatic carbocycles. The highest BCUT2D eigenvalue weighted by atomic mass is 15.1. The third kappa shape index (κ3) is 2.92. The standard InChI is InChI=1S/C17H19N3/c1-3-20(12-14-7-5-9-16(19)10-14)17-13(2)6-4-8-15(17)11-18/h4-10H,3,12,19H2,1-2H3. The Bertz CT molecular complexity index is 641. The van der Waals surface area contributed by atoms with E-state index in [-0.39, 0.29) is 0 Å². The molecule has 0 fully saturated rings. The summed E-state index contributed by atoms with van der Waals surface area (Å²) in [6.07, 6.45) is 0. The van der Waals surface area contributed by atoms with Crippen LogP contribution in [0.1, 0.15) is 23.6 Å². The van der Waals surface area contributed by atoms with Crippen LogP contribution < -0.4 is 10.6 Å². The second kappa shape index (κ2) is 6.12. The minimum absolute atomic E-state index is 0.718. The van der Waals surface area contributed by atoms with Gasteiger partial charge in [0.15, 0.2) is 0 Å². The van der Waals surface area contributed by atoms with Crippen LogP contribution in [0.3, 0.4) is 0 Å². The molecular weight excluding hydrogens is 246 g/mol. The molecule has 0 atom stereocenters. The molecule has 0 aliphatic heterocycles. The van der Waals surface area contributed by atoms with Crippen LogP contribution in [-0.4, -0.2) is 6.54 Å². The molecule has 2 rings (SSSR count). The molecule has 0 spiro atoms. The fourth-order valence-electron chi connectivity index (χ4n) is 2.43. The molecule has 0 amide bonds. The van der Waals surface area contributed by atoms with Gasteiger partial charge >= 0.3 is 0 Å². The molecule has 102 valence electrons. The van der Waals surface area contributed by atoms with Gasteiger partial charge < -0.3 is 10.6 Å². The van der Waals surface area contributed by atoms with E-state index in [1.807, 2.05) is 43.3 Å². The summed E-state index contributed by atoms with van der Waals surface area (Å²) in [7, 11) is 0. The van der Waals surface area contributed by atoms with Crippen molar-refractivity contribution in [2.24, 2.45) is 0 Å². The van der Waals surface area contributed by atoms with Crippen LogP contribution in [0.2, 0.25) is 0 Å². The number of nitrogens with two attached hydrogens (primary N) is 1. The fraction of sp³-hybridized carbons (Fsp3) is 0.235. The summed E-state index contributed by atoms with van der Waals surface area (Å²) >= 11 is 0. The van der Waals surface area contributed by atoms with Crippen molar-refractivity contribution in [1.29, 1.82) is 5.26 Å². The Morgan fingerprint density at radius 2 is 1.95 bits per heavy atom. The number of nitrogens with zero attached hydrogens (tertiary/aromatic N) is 2. The molecule has 3 heteroatoms. The minimum Gasteiger partial charge on any atom is -0.399 e. The van der Waals surface area contributed by atoms with Gasteiger partial charge in [-0.25, -0.2) is 0 Å². The van der Waals surface area contributed by atoms with E-state index in [0.29, 0.717) is 0 Å². The molecule has 2 aromatic rings. The smallest absolute Gasteiger partial charge is 0.101 e. The number of nitriles is 1. The predicted molar refractivity (Wildman–Crippen MR) is 83.5 cm³/mol. The molecule has 0 saturated carbocycles. The molecule has 0 bridgehead atoms. The van der Waals surface area contributed by atoms with Crippen molar-refractivity contribution in [2.45, 2.75) is 20.4 Å². The summed E-state index contributed by atoms with van der Waals surface area (Å²) in [6.45, 7) is 5.73. The Kier molecular flexibility index (Phi) is 4.27. The van der Waals surface area contributed by atoms with Crippen molar-refractivity contribution in [3.05, 3.63) is 59.2 Å². The maximum Gasteiger partial charge on any atom is 0.101 e. The van der Waals surface area contributed by atoms with Crippen molar-refractivity contribution >= 4 is 11.4 Å². The second-order valence-corrected chi connectivity index (χ2v) is 4.84. The van der Waals surface area contributed by atoms with Gasteiger partial charge in [-0.2, -0.15) is 5.26 Å². The minimum atomic E-state index is 0.718. The molecule has 2 N–H and O–H groups in total. The van der Waals surface area contributed by atoms with Crippen LogP contribution in [0.4, 0.5) is 11.4 Å². The monoisotopic (exact) mass is 265 g/mol. The molecule has 0 radical (unpaired) electrons. The lowest BCUT2D eigenvalue weighted by Crippen LogP contribution is -2.24. The number of anilines is 2. The van der Waals surface area contributed by atoms with Gasteiger partial charge in [0.25, 0.3) is 0 Å². The van der Waals surface area contributed by atoms with Crippen molar-refractivity contribution in [3.63, 3.8) is 0 Å². The van der Waals surface area contributed by atoms with E-state index in [1.54, 1.807) is 0 Å². The molecule has 3 nitrogen and oxygen atoms in total. The van der Waals surface area contributed by atoms with E-state index < -0.39 is 0 Å². The van der Waals surface area contributed by atoms with Gasteiger partial charge in [-0.1, -0.05) is 24.3 Å². The van der Waals surface area contributed by atoms with Gasteiger partial charge in [-0.15, -0.1) is 0 Å². The van der Waals surface area contributed by atoms with E-state index in [2.05, 4.69) is 24.0 Å². The summed E-state index contributed by atoms with van der Waals surface area (Å²) in [6, 6.07) is 16.0. The zero-order valence-electron chi connectivity index (χ0n) is 11.9. The van der Waals surface area contributed by atoms with Gasteiger partial charge in [-0.3, -0.25) is 0 Å². The van der Waals surface area contributed by atoms with Gasteiger partial charge in [0, 0.05) is 18.8 Å². The van der Waals surface area contributed by atoms with E-state index >= 15 is 0 Å². The van der Waals surface area contributed by atoms with Crippen LogP contribution in [0.25, 0.3) is 0 Å². The molecule has 0 aromatic heterocycles. The highest BCUT2D eigenvalue weighted by molar-refractivity contribution is 5.64. The number of benzene rings is 2. The number of hydrogen-bond donors (Lipinski definition) is 1. The summed E-state index contributed by atoms with van der Waals surface area (Å²) in [5, 5.41) is 9.30. The van der Waals surface area contributed by atoms with Gasteiger partial charge in [0.05, 0.1) is 11.3 Å². The normalized spacial score (nSPS) is 10.1. The van der Waals surface area contributed by atoms with Crippen molar-refractivity contribution in [3.8, 4) is 6.07 Å². The lowest BCUT2D eigenvalue weighted by atomic mass is 10.1. The highest BCUT2D eigenvalue weighted by Gasteiger charge is 2.13. The first kappa shape index (κ1) is 14.0. The Morgan fingerprint density at radius 1 is 1.20 bits per heavy atom. The number of rotatable bonds is 4. The highest BCUT2D eigenvalue weighted by Crippen LogP contribution is 2.26. The largest absolute Gasteiger partial charge is 0.399 e. The van der Waals surface area contributed by atoms with Crippen LogP contribution in [0.15, 0.2) is 42.5 Å². The molecule has 0 aliphatic rings. The van der Waals surface area contributed by atoms with Gasteiger partial charge in [0.2, 0.25) is 0 Å². The third-order valence-corrected chi connectivity index (χ3v) is 3.38. The van der Waals surface area contributed by atoms with Crippen LogP contribution in [0.5, 0.6) is 0 Å². The summed E-state index contributed by atoms with van der Waals surface area (Å²) in [5.41, 5.74) is 10.6. The average Bonchev–Trinajstić information content (AvgIpc) is 2.45. The quantitative estimate of drug-likeness (QED) is 0.861. The second-order valence-electron chi connectivity index (χ2n) is 4.84. The Labute approximate surface area is 120 Å². The average molecular weight is 265 g/mol. The van der Waals surface area contributed by atoms with Gasteiger partial charge in [0.1, 0.15) is 6.07 Å². The zero-order valence-corrected chi connectivity index (χ0v) is 11.9. The first-order chi connectivity index (χ1) is 9.65. The van der Waals surface area contributed by atoms with Gasteiger partial charge in [-0.05, 0) is 43.2 Å². The first-order valence-electron chi connectivity index (χ1n) is 6.74. The topological polar surface area (TPSA) is 53.0 Å². The lowest BCUT2D eigenvalue weighted by molar-refractivity contribution is 0.826. The maximum atomic E-state index is 9.30. The van der Waals surface area contributed by atoms with Crippen molar-refractivity contribution in [2.75, 3.05) is 17.2 Å². The maximum absolute atomic E-state index is 9.30. The molecule has 0 heterocycles. The summed E-state index contributed by atoms with van der Waals surface area (Å²) in [4.78, 5) is 2.21.